The Morgan fingerprint density at radius 1 is 1.33 bits per heavy atom. The summed E-state index contributed by atoms with van der Waals surface area (Å²) in [5.41, 5.74) is 1.77. The van der Waals surface area contributed by atoms with E-state index in [-0.39, 0.29) is 5.97 Å². The summed E-state index contributed by atoms with van der Waals surface area (Å²) in [5, 5.41) is 0. The van der Waals surface area contributed by atoms with Gasteiger partial charge in [0.15, 0.2) is 0 Å². The molecule has 1 unspecified atom stereocenters. The Labute approximate surface area is 89.6 Å². The smallest absolute Gasteiger partial charge is 0.343 e. The highest BCUT2D eigenvalue weighted by molar-refractivity contribution is 5.92. The van der Waals surface area contributed by atoms with Gasteiger partial charge in [-0.15, -0.1) is 0 Å². The van der Waals surface area contributed by atoms with Gasteiger partial charge in [-0.3, -0.25) is 0 Å². The maximum Gasteiger partial charge on any atom is 0.343 e. The number of fused-ring (bicyclic) bond motifs is 1. The predicted octanol–water partition coefficient (Wildman–Crippen LogP) is 3.25. The Morgan fingerprint density at radius 2 is 2.07 bits per heavy atom. The third-order valence-electron chi connectivity index (χ3n) is 2.72. The van der Waals surface area contributed by atoms with Gasteiger partial charge in [-0.25, -0.2) is 4.79 Å². The van der Waals surface area contributed by atoms with Crippen molar-refractivity contribution in [3.63, 3.8) is 0 Å². The van der Waals surface area contributed by atoms with Crippen LogP contribution in [0.5, 0.6) is 0 Å². The predicted molar refractivity (Wildman–Crippen MR) is 58.6 cm³/mol. The van der Waals surface area contributed by atoms with Crippen molar-refractivity contribution in [1.29, 1.82) is 0 Å². The van der Waals surface area contributed by atoms with Gasteiger partial charge < -0.3 is 4.74 Å². The molecule has 0 spiro atoms. The van der Waals surface area contributed by atoms with Gasteiger partial charge in [-0.05, 0) is 37.0 Å². The number of hydrogen-bond donors (Lipinski definition) is 0. The quantitative estimate of drug-likeness (QED) is 0.603. The van der Waals surface area contributed by atoms with Gasteiger partial charge in [0.1, 0.15) is 5.76 Å². The highest BCUT2D eigenvalue weighted by Gasteiger charge is 2.19. The molecule has 78 valence electrons. The van der Waals surface area contributed by atoms with Crippen LogP contribution >= 0.6 is 0 Å². The normalized spacial score (nSPS) is 24.3. The molecule has 0 amide bonds. The van der Waals surface area contributed by atoms with E-state index >= 15 is 0 Å². The van der Waals surface area contributed by atoms with E-state index in [4.69, 9.17) is 4.74 Å². The zero-order chi connectivity index (χ0) is 10.8. The van der Waals surface area contributed by atoms with Crippen LogP contribution in [0, 0.1) is 0 Å². The summed E-state index contributed by atoms with van der Waals surface area (Å²) >= 11 is 0. The van der Waals surface area contributed by atoms with E-state index in [1.807, 2.05) is 37.3 Å². The molecule has 15 heavy (non-hydrogen) atoms. The minimum Gasteiger partial charge on any atom is -0.428 e. The summed E-state index contributed by atoms with van der Waals surface area (Å²) in [4.78, 5) is 11.8. The molecule has 2 heteroatoms. The number of esters is 1. The van der Waals surface area contributed by atoms with E-state index in [0.717, 1.165) is 12.0 Å². The van der Waals surface area contributed by atoms with Crippen LogP contribution in [0.2, 0.25) is 0 Å². The van der Waals surface area contributed by atoms with Crippen LogP contribution in [0.25, 0.3) is 0 Å². The molecule has 0 saturated carbocycles. The molecule has 0 aliphatic carbocycles. The zero-order valence-corrected chi connectivity index (χ0v) is 8.99. The van der Waals surface area contributed by atoms with E-state index in [9.17, 15) is 4.79 Å². The molecular formula is C13H14O2. The third kappa shape index (κ3) is 1.94. The molecule has 2 rings (SSSR count). The van der Waals surface area contributed by atoms with Crippen molar-refractivity contribution in [2.45, 2.75) is 26.2 Å². The first kappa shape index (κ1) is 9.97. The molecule has 1 aromatic carbocycles. The largest absolute Gasteiger partial charge is 0.428 e. The third-order valence-corrected chi connectivity index (χ3v) is 2.72. The molecule has 0 radical (unpaired) electrons. The minimum absolute atomic E-state index is 0.245. The highest BCUT2D eigenvalue weighted by atomic mass is 16.5. The fraction of sp³-hybridized carbons (Fsp3) is 0.308. The molecule has 1 atom stereocenters. The van der Waals surface area contributed by atoms with Gasteiger partial charge >= 0.3 is 5.97 Å². The lowest BCUT2D eigenvalue weighted by atomic mass is 9.92. The molecule has 0 N–H and O–H groups in total. The van der Waals surface area contributed by atoms with Crippen LogP contribution in [0.3, 0.4) is 0 Å². The van der Waals surface area contributed by atoms with Gasteiger partial charge in [0.05, 0.1) is 5.56 Å². The summed E-state index contributed by atoms with van der Waals surface area (Å²) in [6.45, 7) is 3.94. The Hall–Kier alpha value is -1.57. The van der Waals surface area contributed by atoms with E-state index in [1.165, 1.54) is 0 Å². The minimum atomic E-state index is -0.245. The van der Waals surface area contributed by atoms with E-state index < -0.39 is 0 Å². The molecule has 2 nitrogen and oxygen atoms in total. The Balaban J connectivity index is 2.48. The van der Waals surface area contributed by atoms with Gasteiger partial charge in [-0.1, -0.05) is 25.1 Å². The SMILES string of the molecule is C/C1=C\CC(C)c2ccccc2C(=O)O1. The van der Waals surface area contributed by atoms with E-state index in [1.54, 1.807) is 0 Å². The Kier molecular flexibility index (Phi) is 2.58. The second-order valence-corrected chi connectivity index (χ2v) is 3.93. The monoisotopic (exact) mass is 202 g/mol. The summed E-state index contributed by atoms with van der Waals surface area (Å²) in [6.07, 6.45) is 2.88. The topological polar surface area (TPSA) is 26.3 Å². The van der Waals surface area contributed by atoms with Crippen molar-refractivity contribution in [2.24, 2.45) is 0 Å². The number of rotatable bonds is 0. The lowest BCUT2D eigenvalue weighted by Gasteiger charge is -2.17. The molecular weight excluding hydrogens is 188 g/mol. The molecule has 1 aliphatic heterocycles. The maximum atomic E-state index is 11.8. The Morgan fingerprint density at radius 3 is 2.87 bits per heavy atom. The second-order valence-electron chi connectivity index (χ2n) is 3.93. The summed E-state index contributed by atoms with van der Waals surface area (Å²) in [7, 11) is 0. The molecule has 0 aromatic heterocycles. The van der Waals surface area contributed by atoms with Crippen LogP contribution in [-0.2, 0) is 4.74 Å². The standard InChI is InChI=1S/C13H14O2/c1-9-7-8-10(2)15-13(14)12-6-4-3-5-11(9)12/h3-6,8-9H,7H2,1-2H3/b10-8+. The first-order valence-electron chi connectivity index (χ1n) is 5.16. The molecule has 1 heterocycles. The molecule has 0 saturated heterocycles. The van der Waals surface area contributed by atoms with Crippen molar-refractivity contribution in [3.8, 4) is 0 Å². The van der Waals surface area contributed by atoms with Gasteiger partial charge in [-0.2, -0.15) is 0 Å². The van der Waals surface area contributed by atoms with E-state index in [2.05, 4.69) is 6.92 Å². The molecule has 1 aliphatic rings. The lowest BCUT2D eigenvalue weighted by molar-refractivity contribution is 0.0620. The summed E-state index contributed by atoms with van der Waals surface area (Å²) < 4.78 is 5.19. The van der Waals surface area contributed by atoms with Crippen molar-refractivity contribution < 1.29 is 9.53 Å². The molecule has 1 aromatic rings. The number of carbonyl (C=O) groups is 1. The average Bonchev–Trinajstić information content (AvgIpc) is 2.24. The van der Waals surface area contributed by atoms with Crippen LogP contribution in [0.15, 0.2) is 36.1 Å². The molecule has 0 fully saturated rings. The van der Waals surface area contributed by atoms with Crippen LogP contribution in [-0.4, -0.2) is 5.97 Å². The van der Waals surface area contributed by atoms with Crippen LogP contribution < -0.4 is 0 Å². The van der Waals surface area contributed by atoms with Gasteiger partial charge in [0.2, 0.25) is 0 Å². The number of cyclic esters (lactones) is 1. The molecule has 0 bridgehead atoms. The zero-order valence-electron chi connectivity index (χ0n) is 8.99. The number of allylic oxidation sites excluding steroid dienone is 2. The van der Waals surface area contributed by atoms with Crippen LogP contribution in [0.4, 0.5) is 0 Å². The number of hydrogen-bond acceptors (Lipinski definition) is 2. The van der Waals surface area contributed by atoms with Gasteiger partial charge in [0, 0.05) is 0 Å². The number of carbonyl (C=O) groups excluding carboxylic acids is 1. The van der Waals surface area contributed by atoms with Crippen molar-refractivity contribution in [1.82, 2.24) is 0 Å². The number of ether oxygens (including phenoxy) is 1. The van der Waals surface area contributed by atoms with Gasteiger partial charge in [0.25, 0.3) is 0 Å². The van der Waals surface area contributed by atoms with Crippen molar-refractivity contribution in [3.05, 3.63) is 47.2 Å². The van der Waals surface area contributed by atoms with Crippen LogP contribution in [0.1, 0.15) is 42.1 Å². The highest BCUT2D eigenvalue weighted by Crippen LogP contribution is 2.27. The first-order valence-corrected chi connectivity index (χ1v) is 5.16. The average molecular weight is 202 g/mol. The fourth-order valence-electron chi connectivity index (χ4n) is 1.83. The Bertz CT molecular complexity index is 418. The fourth-order valence-corrected chi connectivity index (χ4v) is 1.83. The summed E-state index contributed by atoms with van der Waals surface area (Å²) in [5.74, 6) is 0.816. The second kappa shape index (κ2) is 3.89. The van der Waals surface area contributed by atoms with E-state index in [0.29, 0.717) is 17.2 Å². The number of benzene rings is 1. The first-order chi connectivity index (χ1) is 7.18. The maximum absolute atomic E-state index is 11.8. The van der Waals surface area contributed by atoms with Crippen molar-refractivity contribution >= 4 is 5.97 Å². The van der Waals surface area contributed by atoms with Crippen molar-refractivity contribution in [2.75, 3.05) is 0 Å². The lowest BCUT2D eigenvalue weighted by Crippen LogP contribution is -2.11. The summed E-state index contributed by atoms with van der Waals surface area (Å²) in [6, 6.07) is 7.65.